The first-order valence-electron chi connectivity index (χ1n) is 4.88. The van der Waals surface area contributed by atoms with Crippen molar-refractivity contribution in [3.63, 3.8) is 0 Å². The van der Waals surface area contributed by atoms with E-state index in [4.69, 9.17) is 16.3 Å². The van der Waals surface area contributed by atoms with Gasteiger partial charge in [0.15, 0.2) is 5.75 Å². The van der Waals surface area contributed by atoms with Crippen LogP contribution in [0.5, 0.6) is 11.5 Å². The fraction of sp³-hybridized carbons (Fsp3) is 0.182. The van der Waals surface area contributed by atoms with Crippen LogP contribution in [0.25, 0.3) is 0 Å². The minimum atomic E-state index is 0.652. The molecule has 0 unspecified atom stereocenters. The molecule has 5 heteroatoms. The second kappa shape index (κ2) is 5.01. The van der Waals surface area contributed by atoms with Crippen LogP contribution in [0.15, 0.2) is 36.7 Å². The molecule has 1 N–H and O–H groups in total. The maximum Gasteiger partial charge on any atom is 0.165 e. The predicted molar refractivity (Wildman–Crippen MR) is 62.8 cm³/mol. The highest BCUT2D eigenvalue weighted by molar-refractivity contribution is 6.30. The first-order chi connectivity index (χ1) is 7.78. The average molecular weight is 238 g/mol. The van der Waals surface area contributed by atoms with Gasteiger partial charge in [-0.1, -0.05) is 17.7 Å². The Bertz CT molecular complexity index is 470. The second-order valence-electron chi connectivity index (χ2n) is 3.29. The van der Waals surface area contributed by atoms with E-state index in [1.54, 1.807) is 23.0 Å². The van der Waals surface area contributed by atoms with E-state index in [0.717, 1.165) is 0 Å². The number of halogens is 1. The fourth-order valence-corrected chi connectivity index (χ4v) is 1.49. The molecule has 0 aliphatic carbocycles. The summed E-state index contributed by atoms with van der Waals surface area (Å²) in [7, 11) is 1.86. The van der Waals surface area contributed by atoms with Crippen molar-refractivity contribution in [2.45, 2.75) is 6.67 Å². The minimum absolute atomic E-state index is 0.652. The van der Waals surface area contributed by atoms with Crippen LogP contribution in [0.3, 0.4) is 0 Å². The summed E-state index contributed by atoms with van der Waals surface area (Å²) in [6.45, 7) is 0.652. The Kier molecular flexibility index (Phi) is 3.44. The average Bonchev–Trinajstić information content (AvgIpc) is 2.66. The molecule has 0 bridgehead atoms. The molecule has 2 aromatic rings. The molecular weight excluding hydrogens is 226 g/mol. The summed E-state index contributed by atoms with van der Waals surface area (Å²) < 4.78 is 7.34. The van der Waals surface area contributed by atoms with Crippen molar-refractivity contribution >= 4 is 11.6 Å². The first kappa shape index (κ1) is 11.0. The van der Waals surface area contributed by atoms with Crippen LogP contribution in [-0.2, 0) is 6.67 Å². The van der Waals surface area contributed by atoms with Crippen molar-refractivity contribution in [2.24, 2.45) is 0 Å². The number of benzene rings is 1. The zero-order chi connectivity index (χ0) is 11.4. The molecule has 2 rings (SSSR count). The SMILES string of the molecule is CNCn1cc(Oc2cccc(Cl)c2)cn1. The lowest BCUT2D eigenvalue weighted by Gasteiger charge is -2.02. The van der Waals surface area contributed by atoms with Crippen LogP contribution in [0, 0.1) is 0 Å². The lowest BCUT2D eigenvalue weighted by Crippen LogP contribution is -2.12. The van der Waals surface area contributed by atoms with Crippen molar-refractivity contribution < 1.29 is 4.74 Å². The summed E-state index contributed by atoms with van der Waals surface area (Å²) in [4.78, 5) is 0. The van der Waals surface area contributed by atoms with Gasteiger partial charge in [0.1, 0.15) is 5.75 Å². The van der Waals surface area contributed by atoms with Gasteiger partial charge in [-0.2, -0.15) is 5.10 Å². The van der Waals surface area contributed by atoms with E-state index in [9.17, 15) is 0 Å². The van der Waals surface area contributed by atoms with E-state index < -0.39 is 0 Å². The van der Waals surface area contributed by atoms with Crippen LogP contribution in [0.4, 0.5) is 0 Å². The van der Waals surface area contributed by atoms with Gasteiger partial charge in [-0.25, -0.2) is 0 Å². The fourth-order valence-electron chi connectivity index (χ4n) is 1.31. The van der Waals surface area contributed by atoms with Gasteiger partial charge < -0.3 is 10.1 Å². The Morgan fingerprint density at radius 3 is 3.06 bits per heavy atom. The molecule has 0 spiro atoms. The van der Waals surface area contributed by atoms with Crippen molar-refractivity contribution in [1.82, 2.24) is 15.1 Å². The Balaban J connectivity index is 2.08. The maximum atomic E-state index is 5.86. The van der Waals surface area contributed by atoms with Crippen molar-refractivity contribution in [3.8, 4) is 11.5 Å². The molecule has 4 nitrogen and oxygen atoms in total. The van der Waals surface area contributed by atoms with Gasteiger partial charge in [-0.3, -0.25) is 4.68 Å². The van der Waals surface area contributed by atoms with E-state index in [1.165, 1.54) is 0 Å². The normalized spacial score (nSPS) is 10.4. The van der Waals surface area contributed by atoms with Gasteiger partial charge in [0.05, 0.1) is 19.1 Å². The third kappa shape index (κ3) is 2.74. The molecule has 1 aromatic carbocycles. The zero-order valence-electron chi connectivity index (χ0n) is 8.85. The summed E-state index contributed by atoms with van der Waals surface area (Å²) in [6, 6.07) is 7.26. The van der Waals surface area contributed by atoms with Gasteiger partial charge in [-0.15, -0.1) is 0 Å². The molecule has 0 radical (unpaired) electrons. The highest BCUT2D eigenvalue weighted by Crippen LogP contribution is 2.23. The molecule has 0 saturated carbocycles. The largest absolute Gasteiger partial charge is 0.454 e. The molecule has 0 atom stereocenters. The minimum Gasteiger partial charge on any atom is -0.454 e. The smallest absolute Gasteiger partial charge is 0.165 e. The predicted octanol–water partition coefficient (Wildman–Crippen LogP) is 2.51. The molecule has 0 amide bonds. The Labute approximate surface area is 98.8 Å². The summed E-state index contributed by atoms with van der Waals surface area (Å²) in [5, 5.41) is 7.77. The summed E-state index contributed by atoms with van der Waals surface area (Å²) in [6.07, 6.45) is 3.48. The number of nitrogens with zero attached hydrogens (tertiary/aromatic N) is 2. The third-order valence-electron chi connectivity index (χ3n) is 1.96. The van der Waals surface area contributed by atoms with Crippen LogP contribution in [0.2, 0.25) is 5.02 Å². The Morgan fingerprint density at radius 2 is 2.31 bits per heavy atom. The van der Waals surface area contributed by atoms with Crippen molar-refractivity contribution in [2.75, 3.05) is 7.05 Å². The van der Waals surface area contributed by atoms with Gasteiger partial charge in [-0.05, 0) is 25.2 Å². The summed E-state index contributed by atoms with van der Waals surface area (Å²) in [5.41, 5.74) is 0. The monoisotopic (exact) mass is 237 g/mol. The van der Waals surface area contributed by atoms with Crippen molar-refractivity contribution in [3.05, 3.63) is 41.7 Å². The molecule has 0 aliphatic rings. The molecule has 0 fully saturated rings. The molecule has 1 aromatic heterocycles. The standard InChI is InChI=1S/C11H12ClN3O/c1-13-8-15-7-11(6-14-15)16-10-4-2-3-9(12)5-10/h2-7,13H,8H2,1H3. The molecule has 0 saturated heterocycles. The zero-order valence-corrected chi connectivity index (χ0v) is 9.61. The van der Waals surface area contributed by atoms with E-state index in [1.807, 2.05) is 25.4 Å². The van der Waals surface area contributed by atoms with Crippen LogP contribution >= 0.6 is 11.6 Å². The van der Waals surface area contributed by atoms with E-state index >= 15 is 0 Å². The maximum absolute atomic E-state index is 5.86. The van der Waals surface area contributed by atoms with Gasteiger partial charge >= 0.3 is 0 Å². The number of hydrogen-bond acceptors (Lipinski definition) is 3. The van der Waals surface area contributed by atoms with Gasteiger partial charge in [0.2, 0.25) is 0 Å². The summed E-state index contributed by atoms with van der Waals surface area (Å²) in [5.74, 6) is 1.40. The number of ether oxygens (including phenoxy) is 1. The van der Waals surface area contributed by atoms with Gasteiger partial charge in [0, 0.05) is 5.02 Å². The quantitative estimate of drug-likeness (QED) is 0.888. The number of hydrogen-bond donors (Lipinski definition) is 1. The van der Waals surface area contributed by atoms with Crippen LogP contribution in [0.1, 0.15) is 0 Å². The van der Waals surface area contributed by atoms with E-state index in [-0.39, 0.29) is 0 Å². The lowest BCUT2D eigenvalue weighted by atomic mass is 10.3. The van der Waals surface area contributed by atoms with Crippen LogP contribution in [-0.4, -0.2) is 16.8 Å². The number of aromatic nitrogens is 2. The van der Waals surface area contributed by atoms with Crippen molar-refractivity contribution in [1.29, 1.82) is 0 Å². The van der Waals surface area contributed by atoms with Gasteiger partial charge in [0.25, 0.3) is 0 Å². The van der Waals surface area contributed by atoms with E-state index in [0.29, 0.717) is 23.2 Å². The van der Waals surface area contributed by atoms with Crippen LogP contribution < -0.4 is 10.1 Å². The topological polar surface area (TPSA) is 39.1 Å². The Hall–Kier alpha value is -1.52. The number of rotatable bonds is 4. The molecule has 84 valence electrons. The molecule has 16 heavy (non-hydrogen) atoms. The first-order valence-corrected chi connectivity index (χ1v) is 5.26. The Morgan fingerprint density at radius 1 is 1.44 bits per heavy atom. The second-order valence-corrected chi connectivity index (χ2v) is 3.72. The molecular formula is C11H12ClN3O. The molecule has 1 heterocycles. The lowest BCUT2D eigenvalue weighted by molar-refractivity contribution is 0.479. The summed E-state index contributed by atoms with van der Waals surface area (Å²) >= 11 is 5.86. The molecule has 0 aliphatic heterocycles. The number of nitrogens with one attached hydrogen (secondary N) is 1. The highest BCUT2D eigenvalue weighted by atomic mass is 35.5. The third-order valence-corrected chi connectivity index (χ3v) is 2.20. The highest BCUT2D eigenvalue weighted by Gasteiger charge is 2.01. The van der Waals surface area contributed by atoms with E-state index in [2.05, 4.69) is 10.4 Å².